The second kappa shape index (κ2) is 3.69. The predicted molar refractivity (Wildman–Crippen MR) is 52.9 cm³/mol. The van der Waals surface area contributed by atoms with Crippen LogP contribution in [-0.4, -0.2) is 17.2 Å². The van der Waals surface area contributed by atoms with Crippen molar-refractivity contribution in [1.82, 2.24) is 15.5 Å². The molecule has 0 amide bonds. The molecule has 14 heavy (non-hydrogen) atoms. The molecule has 0 spiro atoms. The van der Waals surface area contributed by atoms with Gasteiger partial charge in [-0.15, -0.1) is 0 Å². The van der Waals surface area contributed by atoms with Gasteiger partial charge in [0.1, 0.15) is 0 Å². The summed E-state index contributed by atoms with van der Waals surface area (Å²) in [5, 5.41) is 7.40. The lowest BCUT2D eigenvalue weighted by atomic mass is 9.81. The Labute approximate surface area is 84.1 Å². The maximum absolute atomic E-state index is 5.04. The van der Waals surface area contributed by atoms with Crippen molar-refractivity contribution in [2.45, 2.75) is 44.6 Å². The van der Waals surface area contributed by atoms with E-state index in [0.29, 0.717) is 5.89 Å². The molecule has 0 atom stereocenters. The Hall–Kier alpha value is -0.900. The molecule has 0 saturated heterocycles. The van der Waals surface area contributed by atoms with Crippen molar-refractivity contribution < 1.29 is 4.52 Å². The lowest BCUT2D eigenvalue weighted by Crippen LogP contribution is -2.42. The number of hydrogen-bond donors (Lipinski definition) is 1. The minimum Gasteiger partial charge on any atom is -0.340 e. The van der Waals surface area contributed by atoms with Crippen LogP contribution in [0.5, 0.6) is 0 Å². The molecule has 4 nitrogen and oxygen atoms in total. The standard InChI is InChI=1S/C10H17N3O/c1-8-12-9(13-14-8)10(11-2)6-4-3-5-7-10/h11H,3-7H2,1-2H3. The van der Waals surface area contributed by atoms with Gasteiger partial charge in [-0.25, -0.2) is 0 Å². The van der Waals surface area contributed by atoms with E-state index < -0.39 is 0 Å². The van der Waals surface area contributed by atoms with Gasteiger partial charge in [0.05, 0.1) is 5.54 Å². The summed E-state index contributed by atoms with van der Waals surface area (Å²) in [5.74, 6) is 1.48. The molecular weight excluding hydrogens is 178 g/mol. The molecule has 1 heterocycles. The second-order valence-electron chi connectivity index (χ2n) is 4.03. The summed E-state index contributed by atoms with van der Waals surface area (Å²) < 4.78 is 5.04. The smallest absolute Gasteiger partial charge is 0.223 e. The second-order valence-corrected chi connectivity index (χ2v) is 4.03. The van der Waals surface area contributed by atoms with Crippen LogP contribution in [0.15, 0.2) is 4.52 Å². The van der Waals surface area contributed by atoms with Gasteiger partial charge in [0.2, 0.25) is 5.89 Å². The molecule has 78 valence electrons. The zero-order valence-corrected chi connectivity index (χ0v) is 8.84. The predicted octanol–water partition coefficient (Wildman–Crippen LogP) is 1.76. The third-order valence-corrected chi connectivity index (χ3v) is 3.14. The molecule has 1 aromatic rings. The van der Waals surface area contributed by atoms with Crippen LogP contribution in [-0.2, 0) is 5.54 Å². The van der Waals surface area contributed by atoms with Crippen molar-refractivity contribution in [2.24, 2.45) is 0 Å². The summed E-state index contributed by atoms with van der Waals surface area (Å²) in [6.45, 7) is 1.84. The van der Waals surface area contributed by atoms with E-state index in [1.807, 2.05) is 14.0 Å². The van der Waals surface area contributed by atoms with Crippen molar-refractivity contribution in [1.29, 1.82) is 0 Å². The van der Waals surface area contributed by atoms with Crippen molar-refractivity contribution >= 4 is 0 Å². The maximum Gasteiger partial charge on any atom is 0.223 e. The van der Waals surface area contributed by atoms with Crippen LogP contribution in [0.2, 0.25) is 0 Å². The molecule has 2 rings (SSSR count). The van der Waals surface area contributed by atoms with Crippen molar-refractivity contribution in [3.63, 3.8) is 0 Å². The summed E-state index contributed by atoms with van der Waals surface area (Å²) in [6.07, 6.45) is 6.04. The highest BCUT2D eigenvalue weighted by molar-refractivity contribution is 5.06. The highest BCUT2D eigenvalue weighted by Gasteiger charge is 2.36. The molecule has 0 aromatic carbocycles. The van der Waals surface area contributed by atoms with Gasteiger partial charge in [-0.3, -0.25) is 0 Å². The lowest BCUT2D eigenvalue weighted by molar-refractivity contribution is 0.228. The largest absolute Gasteiger partial charge is 0.340 e. The van der Waals surface area contributed by atoms with Gasteiger partial charge in [0, 0.05) is 6.92 Å². The number of aryl methyl sites for hydroxylation is 1. The van der Waals surface area contributed by atoms with Crippen molar-refractivity contribution in [3.8, 4) is 0 Å². The Kier molecular flexibility index (Phi) is 2.54. The highest BCUT2D eigenvalue weighted by Crippen LogP contribution is 2.34. The van der Waals surface area contributed by atoms with Crippen molar-refractivity contribution in [3.05, 3.63) is 11.7 Å². The van der Waals surface area contributed by atoms with E-state index in [1.165, 1.54) is 19.3 Å². The fourth-order valence-corrected chi connectivity index (χ4v) is 2.23. The van der Waals surface area contributed by atoms with Crippen LogP contribution in [0, 0.1) is 6.92 Å². The third kappa shape index (κ3) is 1.54. The molecule has 1 fully saturated rings. The zero-order chi connectivity index (χ0) is 10.0. The Bertz CT molecular complexity index is 302. The van der Waals surface area contributed by atoms with Crippen molar-refractivity contribution in [2.75, 3.05) is 7.05 Å². The molecule has 0 bridgehead atoms. The molecule has 1 aliphatic carbocycles. The Morgan fingerprint density at radius 1 is 1.29 bits per heavy atom. The number of nitrogens with zero attached hydrogens (tertiary/aromatic N) is 2. The summed E-state index contributed by atoms with van der Waals surface area (Å²) in [5.41, 5.74) is -0.0317. The Morgan fingerprint density at radius 2 is 2.00 bits per heavy atom. The first kappa shape index (κ1) is 9.65. The first-order valence-electron chi connectivity index (χ1n) is 5.26. The molecule has 1 aromatic heterocycles. The minimum atomic E-state index is -0.0317. The quantitative estimate of drug-likeness (QED) is 0.781. The first-order chi connectivity index (χ1) is 6.77. The van der Waals surface area contributed by atoms with E-state index >= 15 is 0 Å². The number of aromatic nitrogens is 2. The average molecular weight is 195 g/mol. The molecule has 4 heteroatoms. The van der Waals surface area contributed by atoms with Crippen LogP contribution in [0.4, 0.5) is 0 Å². The monoisotopic (exact) mass is 195 g/mol. The fourth-order valence-electron chi connectivity index (χ4n) is 2.23. The topological polar surface area (TPSA) is 51.0 Å². The van der Waals surface area contributed by atoms with Gasteiger partial charge in [0.25, 0.3) is 0 Å². The maximum atomic E-state index is 5.04. The normalized spacial score (nSPS) is 21.0. The lowest BCUT2D eigenvalue weighted by Gasteiger charge is -2.33. The molecule has 1 aliphatic rings. The SMILES string of the molecule is CNC1(c2noc(C)n2)CCCCC1. The molecule has 0 unspecified atom stereocenters. The Balaban J connectivity index is 2.26. The van der Waals surface area contributed by atoms with E-state index in [2.05, 4.69) is 15.5 Å². The van der Waals surface area contributed by atoms with Crippen LogP contribution in [0.25, 0.3) is 0 Å². The zero-order valence-electron chi connectivity index (χ0n) is 8.84. The van der Waals surface area contributed by atoms with Gasteiger partial charge in [-0.1, -0.05) is 24.4 Å². The molecule has 1 saturated carbocycles. The van der Waals surface area contributed by atoms with E-state index in [9.17, 15) is 0 Å². The van der Waals surface area contributed by atoms with Crippen LogP contribution < -0.4 is 5.32 Å². The summed E-state index contributed by atoms with van der Waals surface area (Å²) in [6, 6.07) is 0. The van der Waals surface area contributed by atoms with Crippen LogP contribution >= 0.6 is 0 Å². The third-order valence-electron chi connectivity index (χ3n) is 3.14. The van der Waals surface area contributed by atoms with Crippen LogP contribution in [0.3, 0.4) is 0 Å². The highest BCUT2D eigenvalue weighted by atomic mass is 16.5. The number of hydrogen-bond acceptors (Lipinski definition) is 4. The summed E-state index contributed by atoms with van der Waals surface area (Å²) in [7, 11) is 1.98. The van der Waals surface area contributed by atoms with Crippen LogP contribution in [0.1, 0.15) is 43.8 Å². The number of rotatable bonds is 2. The van der Waals surface area contributed by atoms with E-state index in [4.69, 9.17) is 4.52 Å². The van der Waals surface area contributed by atoms with E-state index in [-0.39, 0.29) is 5.54 Å². The summed E-state index contributed by atoms with van der Waals surface area (Å²) in [4.78, 5) is 4.34. The Morgan fingerprint density at radius 3 is 2.50 bits per heavy atom. The minimum absolute atomic E-state index is 0.0317. The van der Waals surface area contributed by atoms with E-state index in [0.717, 1.165) is 18.7 Å². The van der Waals surface area contributed by atoms with Gasteiger partial charge in [-0.05, 0) is 19.9 Å². The molecule has 0 radical (unpaired) electrons. The number of nitrogens with one attached hydrogen (secondary N) is 1. The molecular formula is C10H17N3O. The molecule has 1 N–H and O–H groups in total. The fraction of sp³-hybridized carbons (Fsp3) is 0.800. The van der Waals surface area contributed by atoms with Gasteiger partial charge >= 0.3 is 0 Å². The summed E-state index contributed by atoms with van der Waals surface area (Å²) >= 11 is 0. The molecule has 0 aliphatic heterocycles. The van der Waals surface area contributed by atoms with E-state index in [1.54, 1.807) is 0 Å². The van der Waals surface area contributed by atoms with Gasteiger partial charge in [0.15, 0.2) is 5.82 Å². The average Bonchev–Trinajstić information content (AvgIpc) is 2.66. The van der Waals surface area contributed by atoms with Gasteiger partial charge < -0.3 is 9.84 Å². The van der Waals surface area contributed by atoms with Gasteiger partial charge in [-0.2, -0.15) is 4.98 Å². The first-order valence-corrected chi connectivity index (χ1v) is 5.26.